The molecule has 2 aromatic heterocycles. The number of thiazole rings is 1. The van der Waals surface area contributed by atoms with Gasteiger partial charge in [0.05, 0.1) is 11.3 Å². The van der Waals surface area contributed by atoms with E-state index in [0.29, 0.717) is 5.57 Å². The van der Waals surface area contributed by atoms with Gasteiger partial charge in [-0.3, -0.25) is 19.3 Å². The number of aromatic nitrogens is 3. The van der Waals surface area contributed by atoms with Crippen molar-refractivity contribution in [3.05, 3.63) is 34.9 Å². The Hall–Kier alpha value is -4.58. The number of nitrogens with one attached hydrogen (secondary N) is 1. The minimum absolute atomic E-state index is 0.0490. The Morgan fingerprint density at radius 2 is 2.00 bits per heavy atom. The average Bonchev–Trinajstić information content (AvgIpc) is 3.34. The summed E-state index contributed by atoms with van der Waals surface area (Å²) in [6, 6.07) is 0. The van der Waals surface area contributed by atoms with Crippen LogP contribution in [0, 0.1) is 5.92 Å². The number of anilines is 3. The molecule has 1 fully saturated rings. The number of oxime groups is 1. The fourth-order valence-electron chi connectivity index (χ4n) is 4.14. The van der Waals surface area contributed by atoms with Gasteiger partial charge in [0.25, 0.3) is 12.1 Å². The summed E-state index contributed by atoms with van der Waals surface area (Å²) in [6.07, 6.45) is 2.54. The highest BCUT2D eigenvalue weighted by atomic mass is 32.2. The summed E-state index contributed by atoms with van der Waals surface area (Å²) in [5, 5.41) is 26.6. The van der Waals surface area contributed by atoms with Crippen molar-refractivity contribution in [1.29, 1.82) is 0 Å². The van der Waals surface area contributed by atoms with E-state index >= 15 is 0 Å². The zero-order valence-corrected chi connectivity index (χ0v) is 24.2. The van der Waals surface area contributed by atoms with Gasteiger partial charge in [-0.2, -0.15) is 0 Å². The van der Waals surface area contributed by atoms with Crippen LogP contribution in [0.1, 0.15) is 32.9 Å². The monoisotopic (exact) mass is 619 g/mol. The lowest BCUT2D eigenvalue weighted by molar-refractivity contribution is -0.691. The fourth-order valence-corrected chi connectivity index (χ4v) is 6.09. The molecule has 2 aliphatic heterocycles. The Bertz CT molecular complexity index is 1550. The number of hydrogen-bond donors (Lipinski definition) is 5. The van der Waals surface area contributed by atoms with Crippen LogP contribution in [-0.4, -0.2) is 77.1 Å². The summed E-state index contributed by atoms with van der Waals surface area (Å²) in [5.74, 6) is -4.78. The van der Waals surface area contributed by atoms with Crippen LogP contribution in [-0.2, 0) is 35.4 Å². The summed E-state index contributed by atoms with van der Waals surface area (Å²) in [4.78, 5) is 76.1. The van der Waals surface area contributed by atoms with E-state index in [-0.39, 0.29) is 58.4 Å². The third-order valence-corrected chi connectivity index (χ3v) is 8.34. The molecule has 2 atom stereocenters. The molecular formula is C24H27N8O8S2+. The maximum absolute atomic E-state index is 13.3. The molecule has 0 aliphatic carbocycles. The first-order valence-corrected chi connectivity index (χ1v) is 14.2. The largest absolute Gasteiger partial charge is 0.478 e. The minimum atomic E-state index is -1.76. The molecule has 4 heterocycles. The van der Waals surface area contributed by atoms with Gasteiger partial charge in [-0.25, -0.2) is 19.1 Å². The zero-order chi connectivity index (χ0) is 30.9. The zero-order valence-electron chi connectivity index (χ0n) is 22.6. The number of amides is 2. The van der Waals surface area contributed by atoms with Crippen LogP contribution in [0.3, 0.4) is 0 Å². The van der Waals surface area contributed by atoms with Crippen LogP contribution < -0.4 is 21.4 Å². The summed E-state index contributed by atoms with van der Waals surface area (Å²) < 4.78 is 1.53. The highest BCUT2D eigenvalue weighted by Crippen LogP contribution is 2.45. The number of aliphatic carboxylic acids is 2. The van der Waals surface area contributed by atoms with Crippen molar-refractivity contribution in [3.63, 3.8) is 0 Å². The molecule has 2 aromatic rings. The molecule has 18 heteroatoms. The van der Waals surface area contributed by atoms with Gasteiger partial charge >= 0.3 is 11.9 Å². The molecule has 1 unspecified atom stereocenters. The van der Waals surface area contributed by atoms with Crippen molar-refractivity contribution in [3.8, 4) is 0 Å². The number of β-lactam (4-membered cyclic amide) rings is 1. The Morgan fingerprint density at radius 3 is 2.60 bits per heavy atom. The number of nitrogens with zero attached hydrogens (tertiary/aromatic N) is 5. The maximum Gasteiger partial charge on any atom is 0.352 e. The first-order chi connectivity index (χ1) is 19.7. The molecule has 2 aliphatic rings. The van der Waals surface area contributed by atoms with Crippen molar-refractivity contribution < 1.29 is 43.6 Å². The number of carbonyl (C=O) groups excluding carboxylic acids is 3. The first kappa shape index (κ1) is 30.4. The lowest BCUT2D eigenvalue weighted by atomic mass is 9.89. The number of thioether (sulfide) groups is 1. The van der Waals surface area contributed by atoms with Crippen molar-refractivity contribution in [2.75, 3.05) is 22.5 Å². The van der Waals surface area contributed by atoms with Crippen LogP contribution >= 0.6 is 23.1 Å². The molecular weight excluding hydrogens is 592 g/mol. The van der Waals surface area contributed by atoms with Gasteiger partial charge in [-0.05, 0) is 18.8 Å². The second-order valence-electron chi connectivity index (χ2n) is 9.84. The minimum Gasteiger partial charge on any atom is -0.478 e. The fraction of sp³-hybridized carbons (Fsp3) is 0.375. The van der Waals surface area contributed by atoms with Gasteiger partial charge < -0.3 is 31.8 Å². The predicted octanol–water partition coefficient (Wildman–Crippen LogP) is 0.0617. The highest BCUT2D eigenvalue weighted by Gasteiger charge is 2.54. The van der Waals surface area contributed by atoms with E-state index in [0.717, 1.165) is 16.2 Å². The number of fused-ring (bicyclic) bond motifs is 1. The van der Waals surface area contributed by atoms with Gasteiger partial charge in [0.15, 0.2) is 22.3 Å². The maximum atomic E-state index is 13.3. The van der Waals surface area contributed by atoms with E-state index in [1.54, 1.807) is 0 Å². The molecule has 0 bridgehead atoms. The van der Waals surface area contributed by atoms with Crippen LogP contribution in [0.4, 0.5) is 16.6 Å². The lowest BCUT2D eigenvalue weighted by Gasteiger charge is -2.49. The molecule has 222 valence electrons. The SMILES string of the molecule is CC(=O)Nc1c[n+](CC2=C(C(=O)O)N3C(=O)[C@@H](CC(=O)/C(=N\OC(C)(C)C(=O)O)c4csc(N)n4)C3SC2)cnc1N. The topological polar surface area (TPSA) is 244 Å². The van der Waals surface area contributed by atoms with E-state index < -0.39 is 40.5 Å². The molecule has 1 saturated heterocycles. The number of carboxylic acid groups (broad SMARTS) is 2. The van der Waals surface area contributed by atoms with Gasteiger partial charge in [0, 0.05) is 30.1 Å². The van der Waals surface area contributed by atoms with Crippen molar-refractivity contribution in [2.24, 2.45) is 11.1 Å². The third kappa shape index (κ3) is 6.18. The standard InChI is InChI=1S/C24H26N8O8S2/c1-10(33)28-13-6-31(9-27-18(13)25)5-11-7-41-20-12(19(35)32(20)17(11)21(36)37)4-15(34)16(14-8-42-23(26)29-14)30-40-24(2,3)22(38)39/h6,8-9,12,20,25H,4-5,7H2,1-3H3,(H5,26,28,29,33,36,37,38,39)/p+1/b30-16-/t12-,20?/m1/s1. The molecule has 4 rings (SSSR count). The number of nitrogens with two attached hydrogens (primary N) is 2. The molecule has 0 spiro atoms. The average molecular weight is 620 g/mol. The van der Waals surface area contributed by atoms with E-state index in [1.807, 2.05) is 0 Å². The number of nitrogen functional groups attached to an aromatic ring is 2. The summed E-state index contributed by atoms with van der Waals surface area (Å²) in [7, 11) is 0. The Labute approximate surface area is 246 Å². The smallest absolute Gasteiger partial charge is 0.352 e. The number of carbonyl (C=O) groups is 5. The summed E-state index contributed by atoms with van der Waals surface area (Å²) in [6.45, 7) is 3.85. The molecule has 0 aromatic carbocycles. The lowest BCUT2D eigenvalue weighted by Crippen LogP contribution is -2.62. The summed E-state index contributed by atoms with van der Waals surface area (Å²) in [5.41, 5.74) is 9.95. The molecule has 42 heavy (non-hydrogen) atoms. The van der Waals surface area contributed by atoms with E-state index in [9.17, 15) is 34.2 Å². The second-order valence-corrected chi connectivity index (χ2v) is 11.8. The normalized spacial score (nSPS) is 18.7. The first-order valence-electron chi connectivity index (χ1n) is 12.3. The van der Waals surface area contributed by atoms with E-state index in [2.05, 4.69) is 20.4 Å². The van der Waals surface area contributed by atoms with Crippen molar-refractivity contribution >= 4 is 75.0 Å². The number of carboxylic acids is 2. The molecule has 7 N–H and O–H groups in total. The number of Topliss-reactive ketones (excluding diaryl/α,β-unsaturated/α-hetero) is 1. The van der Waals surface area contributed by atoms with Gasteiger partial charge in [-0.15, -0.1) is 23.1 Å². The van der Waals surface area contributed by atoms with Crippen LogP contribution in [0.25, 0.3) is 0 Å². The highest BCUT2D eigenvalue weighted by molar-refractivity contribution is 8.00. The second kappa shape index (κ2) is 11.7. The number of rotatable bonds is 11. The molecule has 16 nitrogen and oxygen atoms in total. The van der Waals surface area contributed by atoms with Gasteiger partial charge in [0.1, 0.15) is 24.1 Å². The predicted molar refractivity (Wildman–Crippen MR) is 150 cm³/mol. The van der Waals surface area contributed by atoms with E-state index in [1.165, 1.54) is 55.0 Å². The number of ketones is 1. The molecule has 0 saturated carbocycles. The quantitative estimate of drug-likeness (QED) is 0.0968. The molecule has 0 radical (unpaired) electrons. The van der Waals surface area contributed by atoms with Crippen LogP contribution in [0.5, 0.6) is 0 Å². The van der Waals surface area contributed by atoms with E-state index in [4.69, 9.17) is 16.3 Å². The van der Waals surface area contributed by atoms with Crippen molar-refractivity contribution in [2.45, 2.75) is 44.7 Å². The number of hydrogen-bond acceptors (Lipinski definition) is 13. The summed E-state index contributed by atoms with van der Waals surface area (Å²) >= 11 is 2.32. The Balaban J connectivity index is 1.56. The van der Waals surface area contributed by atoms with Crippen molar-refractivity contribution in [1.82, 2.24) is 14.9 Å². The molecule has 2 amide bonds. The van der Waals surface area contributed by atoms with Crippen LogP contribution in [0.2, 0.25) is 0 Å². The van der Waals surface area contributed by atoms with Gasteiger partial charge in [0.2, 0.25) is 17.4 Å². The Kier molecular flexibility index (Phi) is 8.48. The Morgan fingerprint density at radius 1 is 1.29 bits per heavy atom. The third-order valence-electron chi connectivity index (χ3n) is 6.27. The van der Waals surface area contributed by atoms with Crippen LogP contribution in [0.15, 0.2) is 34.3 Å². The van der Waals surface area contributed by atoms with Gasteiger partial charge in [-0.1, -0.05) is 5.16 Å².